The lowest BCUT2D eigenvalue weighted by Crippen LogP contribution is -2.30. The Bertz CT molecular complexity index is 1090. The predicted molar refractivity (Wildman–Crippen MR) is 115 cm³/mol. The number of hydrogen-bond acceptors (Lipinski definition) is 5. The van der Waals surface area contributed by atoms with E-state index in [9.17, 15) is 13.2 Å². The number of hydrogen-bond donors (Lipinski definition) is 2. The number of benzene rings is 1. The van der Waals surface area contributed by atoms with Crippen molar-refractivity contribution in [3.05, 3.63) is 75.0 Å². The molecule has 2 aromatic heterocycles. The highest BCUT2D eigenvalue weighted by Crippen LogP contribution is 2.24. The Morgan fingerprint density at radius 3 is 2.59 bits per heavy atom. The van der Waals surface area contributed by atoms with E-state index < -0.39 is 16.1 Å². The number of thiophene rings is 1. The van der Waals surface area contributed by atoms with Crippen molar-refractivity contribution in [1.29, 1.82) is 0 Å². The fraction of sp³-hybridized carbons (Fsp3) is 0.263. The summed E-state index contributed by atoms with van der Waals surface area (Å²) < 4.78 is 26.6. The Balaban J connectivity index is 1.75. The zero-order valence-electron chi connectivity index (χ0n) is 15.9. The van der Waals surface area contributed by atoms with Gasteiger partial charge in [-0.15, -0.1) is 11.3 Å². The summed E-state index contributed by atoms with van der Waals surface area (Å²) in [5, 5.41) is 3.65. The van der Waals surface area contributed by atoms with Gasteiger partial charge in [0.1, 0.15) is 11.9 Å². The molecule has 1 aromatic carbocycles. The summed E-state index contributed by atoms with van der Waals surface area (Å²) in [6.45, 7) is 0.293. The van der Waals surface area contributed by atoms with Crippen LogP contribution >= 0.6 is 22.9 Å². The number of nitrogens with zero attached hydrogens (tertiary/aromatic N) is 2. The molecule has 3 aromatic rings. The normalized spacial score (nSPS) is 12.7. The second kappa shape index (κ2) is 9.08. The van der Waals surface area contributed by atoms with Gasteiger partial charge in [-0.3, -0.25) is 4.79 Å². The van der Waals surface area contributed by atoms with Crippen LogP contribution in [0.1, 0.15) is 32.0 Å². The lowest BCUT2D eigenvalue weighted by atomic mass is 10.1. The van der Waals surface area contributed by atoms with E-state index in [1.165, 1.54) is 11.3 Å². The quantitative estimate of drug-likeness (QED) is 0.549. The highest BCUT2D eigenvalue weighted by Gasteiger charge is 2.22. The van der Waals surface area contributed by atoms with Gasteiger partial charge in [0.05, 0.1) is 11.1 Å². The minimum Gasteiger partial charge on any atom is -0.337 e. The van der Waals surface area contributed by atoms with Crippen LogP contribution in [0.3, 0.4) is 0 Å². The maximum atomic E-state index is 12.9. The zero-order valence-corrected chi connectivity index (χ0v) is 18.3. The average molecular weight is 453 g/mol. The lowest BCUT2D eigenvalue weighted by Gasteiger charge is -2.19. The highest BCUT2D eigenvalue weighted by atomic mass is 35.5. The van der Waals surface area contributed by atoms with Gasteiger partial charge in [0.25, 0.3) is 5.91 Å². The number of imidazole rings is 1. The van der Waals surface area contributed by atoms with E-state index >= 15 is 0 Å². The molecule has 0 spiro atoms. The van der Waals surface area contributed by atoms with Crippen LogP contribution in [0.5, 0.6) is 0 Å². The number of sulfonamides is 1. The minimum atomic E-state index is -3.23. The molecule has 0 aliphatic carbocycles. The summed E-state index contributed by atoms with van der Waals surface area (Å²) in [4.78, 5) is 18.7. The fourth-order valence-corrected chi connectivity index (χ4v) is 4.31. The molecule has 0 aliphatic rings. The van der Waals surface area contributed by atoms with E-state index in [-0.39, 0.29) is 5.91 Å². The second-order valence-corrected chi connectivity index (χ2v) is 9.97. The van der Waals surface area contributed by atoms with Gasteiger partial charge in [0.2, 0.25) is 10.0 Å². The molecule has 0 aliphatic heterocycles. The summed E-state index contributed by atoms with van der Waals surface area (Å²) in [7, 11) is -1.36. The molecule has 1 amide bonds. The first kappa shape index (κ1) is 21.5. The van der Waals surface area contributed by atoms with Gasteiger partial charge in [-0.05, 0) is 36.2 Å². The van der Waals surface area contributed by atoms with Gasteiger partial charge in [-0.25, -0.2) is 18.1 Å². The number of aryl methyl sites for hydroxylation is 1. The number of aromatic nitrogens is 2. The SMILES string of the molecule is Cn1ccnc1[C@@H](NC(=O)c1ccc(CCNS(C)(=O)=O)s1)c1ccc(Cl)cc1. The van der Waals surface area contributed by atoms with E-state index in [1.807, 2.05) is 36.0 Å². The molecule has 29 heavy (non-hydrogen) atoms. The van der Waals surface area contributed by atoms with E-state index in [0.717, 1.165) is 16.7 Å². The molecular formula is C19H21ClN4O3S2. The molecule has 0 saturated heterocycles. The molecule has 154 valence electrons. The third-order valence-electron chi connectivity index (χ3n) is 4.22. The van der Waals surface area contributed by atoms with Gasteiger partial charge < -0.3 is 9.88 Å². The highest BCUT2D eigenvalue weighted by molar-refractivity contribution is 7.88. The molecule has 0 saturated carbocycles. The largest absolute Gasteiger partial charge is 0.337 e. The topological polar surface area (TPSA) is 93.1 Å². The summed E-state index contributed by atoms with van der Waals surface area (Å²) in [5.74, 6) is 0.482. The van der Waals surface area contributed by atoms with Crippen LogP contribution in [0.2, 0.25) is 5.02 Å². The van der Waals surface area contributed by atoms with Crippen molar-refractivity contribution in [2.45, 2.75) is 12.5 Å². The third kappa shape index (κ3) is 5.89. The van der Waals surface area contributed by atoms with Gasteiger partial charge in [-0.1, -0.05) is 23.7 Å². The second-order valence-electron chi connectivity index (χ2n) is 6.54. The summed E-state index contributed by atoms with van der Waals surface area (Å²) in [5.41, 5.74) is 0.867. The average Bonchev–Trinajstić information content (AvgIpc) is 3.29. The van der Waals surface area contributed by atoms with Gasteiger partial charge in [0, 0.05) is 35.9 Å². The van der Waals surface area contributed by atoms with Gasteiger partial charge in [-0.2, -0.15) is 0 Å². The number of carbonyl (C=O) groups excluding carboxylic acids is 1. The lowest BCUT2D eigenvalue weighted by molar-refractivity contribution is 0.0945. The van der Waals surface area contributed by atoms with Crippen molar-refractivity contribution in [3.63, 3.8) is 0 Å². The van der Waals surface area contributed by atoms with E-state index in [2.05, 4.69) is 15.0 Å². The fourth-order valence-electron chi connectivity index (χ4n) is 2.80. The van der Waals surface area contributed by atoms with Crippen LogP contribution in [-0.4, -0.2) is 36.7 Å². The number of rotatable bonds is 8. The molecule has 0 fully saturated rings. The molecule has 0 unspecified atom stereocenters. The summed E-state index contributed by atoms with van der Waals surface area (Å²) in [6, 6.07) is 10.4. The van der Waals surface area contributed by atoms with E-state index in [1.54, 1.807) is 24.4 Å². The molecule has 7 nitrogen and oxygen atoms in total. The standard InChI is InChI=1S/C19H21ClN4O3S2/c1-24-12-11-21-18(24)17(13-3-5-14(20)6-4-13)23-19(25)16-8-7-15(28-16)9-10-22-29(2,26)27/h3-8,11-12,17,22H,9-10H2,1-2H3,(H,23,25)/t17-/m0/s1. The Kier molecular flexibility index (Phi) is 6.74. The van der Waals surface area contributed by atoms with Crippen LogP contribution in [0.15, 0.2) is 48.8 Å². The first-order valence-corrected chi connectivity index (χ1v) is 11.9. The Labute approximate surface area is 178 Å². The third-order valence-corrected chi connectivity index (χ3v) is 6.34. The maximum Gasteiger partial charge on any atom is 0.262 e. The number of amides is 1. The molecule has 10 heteroatoms. The maximum absolute atomic E-state index is 12.9. The van der Waals surface area contributed by atoms with E-state index in [4.69, 9.17) is 11.6 Å². The smallest absolute Gasteiger partial charge is 0.262 e. The van der Waals surface area contributed by atoms with Crippen LogP contribution in [0.25, 0.3) is 0 Å². The predicted octanol–water partition coefficient (Wildman–Crippen LogP) is 2.75. The van der Waals surface area contributed by atoms with Gasteiger partial charge in [0.15, 0.2) is 0 Å². The summed E-state index contributed by atoms with van der Waals surface area (Å²) >= 11 is 7.33. The molecule has 2 heterocycles. The molecular weight excluding hydrogens is 432 g/mol. The Morgan fingerprint density at radius 2 is 1.97 bits per heavy atom. The Hall–Kier alpha value is -2.20. The molecule has 0 bridgehead atoms. The molecule has 1 atom stereocenters. The minimum absolute atomic E-state index is 0.222. The number of carbonyl (C=O) groups is 1. The molecule has 3 rings (SSSR count). The van der Waals surface area contributed by atoms with Crippen molar-refractivity contribution < 1.29 is 13.2 Å². The monoisotopic (exact) mass is 452 g/mol. The zero-order chi connectivity index (χ0) is 21.0. The summed E-state index contributed by atoms with van der Waals surface area (Å²) in [6.07, 6.45) is 5.14. The Morgan fingerprint density at radius 1 is 1.24 bits per heavy atom. The van der Waals surface area contributed by atoms with Crippen LogP contribution in [0, 0.1) is 0 Å². The first-order chi connectivity index (χ1) is 13.7. The van der Waals surface area contributed by atoms with Gasteiger partial charge >= 0.3 is 0 Å². The van der Waals surface area contributed by atoms with Crippen molar-refractivity contribution in [1.82, 2.24) is 19.6 Å². The number of nitrogens with one attached hydrogen (secondary N) is 2. The van der Waals surface area contributed by atoms with Crippen molar-refractivity contribution >= 4 is 38.9 Å². The van der Waals surface area contributed by atoms with E-state index in [0.29, 0.717) is 28.7 Å². The first-order valence-electron chi connectivity index (χ1n) is 8.80. The van der Waals surface area contributed by atoms with Crippen LogP contribution in [-0.2, 0) is 23.5 Å². The van der Waals surface area contributed by atoms with Crippen molar-refractivity contribution in [2.24, 2.45) is 7.05 Å². The molecule has 0 radical (unpaired) electrons. The van der Waals surface area contributed by atoms with Crippen molar-refractivity contribution in [3.8, 4) is 0 Å². The van der Waals surface area contributed by atoms with Crippen LogP contribution in [0.4, 0.5) is 0 Å². The molecule has 2 N–H and O–H groups in total. The van der Waals surface area contributed by atoms with Crippen LogP contribution < -0.4 is 10.0 Å². The number of halogens is 1. The van der Waals surface area contributed by atoms with Crippen molar-refractivity contribution in [2.75, 3.05) is 12.8 Å².